The third-order valence-corrected chi connectivity index (χ3v) is 4.04. The lowest BCUT2D eigenvalue weighted by atomic mass is 9.94. The van der Waals surface area contributed by atoms with Crippen molar-refractivity contribution < 1.29 is 5.11 Å². The van der Waals surface area contributed by atoms with E-state index >= 15 is 0 Å². The molecule has 0 fully saturated rings. The first-order valence-electron chi connectivity index (χ1n) is 7.42. The monoisotopic (exact) mass is 276 g/mol. The maximum atomic E-state index is 10.7. The van der Waals surface area contributed by atoms with Gasteiger partial charge in [-0.3, -0.25) is 0 Å². The normalized spacial score (nSPS) is 12.8. The first-order valence-corrected chi connectivity index (χ1v) is 7.42. The Balaban J connectivity index is 2.02. The summed E-state index contributed by atoms with van der Waals surface area (Å²) >= 11 is 0. The molecule has 21 heavy (non-hydrogen) atoms. The number of hydrogen-bond acceptors (Lipinski definition) is 1. The topological polar surface area (TPSA) is 20.2 Å². The highest BCUT2D eigenvalue weighted by Gasteiger charge is 2.13. The summed E-state index contributed by atoms with van der Waals surface area (Å²) in [6, 6.07) is 22.5. The molecule has 0 bridgehead atoms. The zero-order valence-corrected chi connectivity index (χ0v) is 12.5. The molecule has 1 nitrogen and oxygen atoms in total. The lowest BCUT2D eigenvalue weighted by Gasteiger charge is -2.15. The zero-order valence-electron chi connectivity index (χ0n) is 12.5. The minimum atomic E-state index is -0.586. The van der Waals surface area contributed by atoms with Crippen LogP contribution >= 0.6 is 0 Å². The van der Waals surface area contributed by atoms with Crippen molar-refractivity contribution in [1.29, 1.82) is 0 Å². The largest absolute Gasteiger partial charge is 0.384 e. The molecule has 0 aliphatic carbocycles. The van der Waals surface area contributed by atoms with Gasteiger partial charge in [0.15, 0.2) is 0 Å². The van der Waals surface area contributed by atoms with Crippen molar-refractivity contribution >= 4 is 10.8 Å². The van der Waals surface area contributed by atoms with Gasteiger partial charge in [-0.05, 0) is 33.4 Å². The number of aliphatic hydroxyl groups excluding tert-OH is 1. The van der Waals surface area contributed by atoms with E-state index in [9.17, 15) is 5.11 Å². The van der Waals surface area contributed by atoms with Crippen LogP contribution in [0.25, 0.3) is 10.8 Å². The van der Waals surface area contributed by atoms with E-state index in [0.717, 1.165) is 21.9 Å². The van der Waals surface area contributed by atoms with Gasteiger partial charge in [0, 0.05) is 0 Å². The van der Waals surface area contributed by atoms with Gasteiger partial charge in [-0.25, -0.2) is 0 Å². The predicted octanol–water partition coefficient (Wildman–Crippen LogP) is 5.04. The molecular weight excluding hydrogens is 256 g/mol. The second-order valence-electron chi connectivity index (χ2n) is 5.79. The molecule has 0 saturated carbocycles. The van der Waals surface area contributed by atoms with E-state index < -0.39 is 6.10 Å². The third kappa shape index (κ3) is 2.70. The van der Waals surface area contributed by atoms with Crippen molar-refractivity contribution in [3.05, 3.63) is 83.4 Å². The SMILES string of the molecule is CC(C)c1ccc(C(O)c2cccc3ccccc23)cc1. The van der Waals surface area contributed by atoms with Gasteiger partial charge in [0.1, 0.15) is 6.10 Å². The molecule has 1 unspecified atom stereocenters. The Morgan fingerprint density at radius 2 is 1.33 bits per heavy atom. The van der Waals surface area contributed by atoms with E-state index in [4.69, 9.17) is 0 Å². The molecule has 1 N–H and O–H groups in total. The van der Waals surface area contributed by atoms with Crippen LogP contribution < -0.4 is 0 Å². The predicted molar refractivity (Wildman–Crippen MR) is 88.5 cm³/mol. The van der Waals surface area contributed by atoms with Gasteiger partial charge in [0.25, 0.3) is 0 Å². The number of hydrogen-bond donors (Lipinski definition) is 1. The van der Waals surface area contributed by atoms with E-state index in [1.807, 2.05) is 36.4 Å². The second-order valence-corrected chi connectivity index (χ2v) is 5.79. The third-order valence-electron chi connectivity index (χ3n) is 4.04. The van der Waals surface area contributed by atoms with E-state index in [1.54, 1.807) is 0 Å². The number of rotatable bonds is 3. The summed E-state index contributed by atoms with van der Waals surface area (Å²) in [4.78, 5) is 0. The maximum absolute atomic E-state index is 10.7. The average molecular weight is 276 g/mol. The molecular formula is C20H20O. The molecule has 0 spiro atoms. The highest BCUT2D eigenvalue weighted by Crippen LogP contribution is 2.29. The van der Waals surface area contributed by atoms with Gasteiger partial charge < -0.3 is 5.11 Å². The summed E-state index contributed by atoms with van der Waals surface area (Å²) in [6.07, 6.45) is -0.586. The summed E-state index contributed by atoms with van der Waals surface area (Å²) in [7, 11) is 0. The highest BCUT2D eigenvalue weighted by molar-refractivity contribution is 5.86. The summed E-state index contributed by atoms with van der Waals surface area (Å²) in [5.74, 6) is 0.508. The minimum Gasteiger partial charge on any atom is -0.384 e. The number of fused-ring (bicyclic) bond motifs is 1. The van der Waals surface area contributed by atoms with Gasteiger partial charge in [-0.2, -0.15) is 0 Å². The molecule has 1 atom stereocenters. The van der Waals surface area contributed by atoms with Gasteiger partial charge in [-0.15, -0.1) is 0 Å². The zero-order chi connectivity index (χ0) is 14.8. The van der Waals surface area contributed by atoms with Crippen molar-refractivity contribution in [3.63, 3.8) is 0 Å². The molecule has 3 aromatic carbocycles. The van der Waals surface area contributed by atoms with E-state index in [-0.39, 0.29) is 0 Å². The summed E-state index contributed by atoms with van der Waals surface area (Å²) in [5.41, 5.74) is 3.20. The van der Waals surface area contributed by atoms with Crippen LogP contribution in [0.2, 0.25) is 0 Å². The van der Waals surface area contributed by atoms with Crippen LogP contribution in [-0.2, 0) is 0 Å². The lowest BCUT2D eigenvalue weighted by Crippen LogP contribution is -2.01. The van der Waals surface area contributed by atoms with Crippen LogP contribution in [0.15, 0.2) is 66.7 Å². The Kier molecular flexibility index (Phi) is 3.76. The smallest absolute Gasteiger partial charge is 0.105 e. The average Bonchev–Trinajstić information content (AvgIpc) is 2.53. The molecule has 0 radical (unpaired) electrons. The molecule has 0 aliphatic heterocycles. The molecule has 3 aromatic rings. The van der Waals surface area contributed by atoms with Crippen LogP contribution in [0.1, 0.15) is 42.6 Å². The fourth-order valence-electron chi connectivity index (χ4n) is 2.73. The van der Waals surface area contributed by atoms with Gasteiger partial charge in [-0.1, -0.05) is 80.6 Å². The van der Waals surface area contributed by atoms with Crippen LogP contribution in [0.4, 0.5) is 0 Å². The van der Waals surface area contributed by atoms with Crippen molar-refractivity contribution in [2.75, 3.05) is 0 Å². The number of benzene rings is 3. The fraction of sp³-hybridized carbons (Fsp3) is 0.200. The van der Waals surface area contributed by atoms with Crippen LogP contribution in [0.5, 0.6) is 0 Å². The molecule has 0 amide bonds. The standard InChI is InChI=1S/C20H20O/c1-14(2)15-10-12-17(13-11-15)20(21)19-9-5-7-16-6-3-4-8-18(16)19/h3-14,20-21H,1-2H3. The van der Waals surface area contributed by atoms with E-state index in [2.05, 4.69) is 44.2 Å². The Morgan fingerprint density at radius 1 is 0.714 bits per heavy atom. The van der Waals surface area contributed by atoms with Crippen molar-refractivity contribution in [3.8, 4) is 0 Å². The van der Waals surface area contributed by atoms with Crippen LogP contribution in [-0.4, -0.2) is 5.11 Å². The molecule has 0 heterocycles. The molecule has 106 valence electrons. The van der Waals surface area contributed by atoms with Crippen molar-refractivity contribution in [1.82, 2.24) is 0 Å². The van der Waals surface area contributed by atoms with E-state index in [0.29, 0.717) is 5.92 Å². The first-order chi connectivity index (χ1) is 10.2. The van der Waals surface area contributed by atoms with Gasteiger partial charge >= 0.3 is 0 Å². The molecule has 3 rings (SSSR count). The molecule has 1 heteroatoms. The fourth-order valence-corrected chi connectivity index (χ4v) is 2.73. The van der Waals surface area contributed by atoms with Crippen molar-refractivity contribution in [2.45, 2.75) is 25.9 Å². The summed E-state index contributed by atoms with van der Waals surface area (Å²) in [6.45, 7) is 4.35. The maximum Gasteiger partial charge on any atom is 0.105 e. The van der Waals surface area contributed by atoms with Crippen LogP contribution in [0, 0.1) is 0 Å². The summed E-state index contributed by atoms with van der Waals surface area (Å²) in [5, 5.41) is 13.0. The highest BCUT2D eigenvalue weighted by atomic mass is 16.3. The first kappa shape index (κ1) is 13.8. The van der Waals surface area contributed by atoms with Crippen molar-refractivity contribution in [2.24, 2.45) is 0 Å². The molecule has 0 aliphatic rings. The Hall–Kier alpha value is -2.12. The molecule has 0 aromatic heterocycles. The quantitative estimate of drug-likeness (QED) is 0.710. The minimum absolute atomic E-state index is 0.508. The van der Waals surface area contributed by atoms with Gasteiger partial charge in [0.2, 0.25) is 0 Å². The second kappa shape index (κ2) is 5.71. The Labute approximate surface area is 125 Å². The Morgan fingerprint density at radius 3 is 2.05 bits per heavy atom. The van der Waals surface area contributed by atoms with Crippen LogP contribution in [0.3, 0.4) is 0 Å². The Bertz CT molecular complexity index is 736. The lowest BCUT2D eigenvalue weighted by molar-refractivity contribution is 0.222. The number of aliphatic hydroxyl groups is 1. The van der Waals surface area contributed by atoms with E-state index in [1.165, 1.54) is 5.56 Å². The molecule has 0 saturated heterocycles. The van der Waals surface area contributed by atoms with Gasteiger partial charge in [0.05, 0.1) is 0 Å². The summed E-state index contributed by atoms with van der Waals surface area (Å²) < 4.78 is 0.